The van der Waals surface area contributed by atoms with Gasteiger partial charge in [0.25, 0.3) is 0 Å². The van der Waals surface area contributed by atoms with Gasteiger partial charge in [-0.25, -0.2) is 4.79 Å². The molecule has 1 heterocycles. The molecule has 2 N–H and O–H groups in total. The number of esters is 1. The van der Waals surface area contributed by atoms with E-state index in [0.717, 1.165) is 24.0 Å². The highest BCUT2D eigenvalue weighted by Crippen LogP contribution is 2.34. The first-order chi connectivity index (χ1) is 18.4. The molecule has 2 atom stereocenters. The molecule has 0 saturated carbocycles. The van der Waals surface area contributed by atoms with Crippen LogP contribution in [-0.2, 0) is 22.4 Å². The van der Waals surface area contributed by atoms with Gasteiger partial charge in [-0.3, -0.25) is 0 Å². The minimum atomic E-state index is -0.559. The lowest BCUT2D eigenvalue weighted by molar-refractivity contribution is -0.129. The van der Waals surface area contributed by atoms with Gasteiger partial charge in [-0.15, -0.1) is 0 Å². The molecular formula is C30H32O8. The number of aromatic hydroxyl groups is 2. The quantitative estimate of drug-likeness (QED) is 0.223. The minimum absolute atomic E-state index is 0.0214. The summed E-state index contributed by atoms with van der Waals surface area (Å²) < 4.78 is 27.1. The molecule has 0 unspecified atom stereocenters. The molecule has 4 rings (SSSR count). The van der Waals surface area contributed by atoms with Crippen LogP contribution in [0, 0.1) is 11.8 Å². The van der Waals surface area contributed by atoms with Crippen molar-refractivity contribution in [3.63, 3.8) is 0 Å². The Bertz CT molecular complexity index is 1300. The standard InChI is InChI=1S/C30H32O8/c1-34-27-14-19(4-8-24(27)31)7-11-30(33)38-26-10-6-21(16-29(26)36-3)13-23-18-37-17-22(23)12-20-5-9-25(32)28(15-20)35-2/h4-11,14-16,22-23,31-32H,12-13,17-18H2,1-3H3/t22-,23-/m1/s1. The van der Waals surface area contributed by atoms with Crippen LogP contribution >= 0.6 is 0 Å². The highest BCUT2D eigenvalue weighted by molar-refractivity contribution is 5.89. The molecule has 0 amide bonds. The van der Waals surface area contributed by atoms with Crippen molar-refractivity contribution in [3.05, 3.63) is 77.4 Å². The molecule has 200 valence electrons. The maximum Gasteiger partial charge on any atom is 0.336 e. The van der Waals surface area contributed by atoms with E-state index in [-0.39, 0.29) is 11.5 Å². The van der Waals surface area contributed by atoms with Gasteiger partial charge < -0.3 is 33.9 Å². The predicted octanol–water partition coefficient (Wildman–Crippen LogP) is 4.79. The van der Waals surface area contributed by atoms with Crippen molar-refractivity contribution in [2.24, 2.45) is 11.8 Å². The maximum absolute atomic E-state index is 12.4. The molecule has 1 saturated heterocycles. The zero-order valence-electron chi connectivity index (χ0n) is 21.7. The molecule has 0 aromatic heterocycles. The topological polar surface area (TPSA) is 104 Å². The smallest absolute Gasteiger partial charge is 0.336 e. The molecule has 0 aliphatic carbocycles. The summed E-state index contributed by atoms with van der Waals surface area (Å²) in [6, 6.07) is 15.7. The number of rotatable bonds is 10. The van der Waals surface area contributed by atoms with Gasteiger partial charge in [0.15, 0.2) is 34.5 Å². The lowest BCUT2D eigenvalue weighted by atomic mass is 9.85. The first-order valence-electron chi connectivity index (χ1n) is 12.3. The van der Waals surface area contributed by atoms with E-state index in [4.69, 9.17) is 23.7 Å². The third-order valence-corrected chi connectivity index (χ3v) is 6.62. The highest BCUT2D eigenvalue weighted by Gasteiger charge is 2.29. The molecule has 3 aromatic carbocycles. The zero-order chi connectivity index (χ0) is 27.1. The minimum Gasteiger partial charge on any atom is -0.504 e. The first kappa shape index (κ1) is 26.9. The third kappa shape index (κ3) is 6.58. The number of hydrogen-bond acceptors (Lipinski definition) is 8. The summed E-state index contributed by atoms with van der Waals surface area (Å²) in [6.07, 6.45) is 4.48. The normalized spacial score (nSPS) is 16.9. The van der Waals surface area contributed by atoms with Gasteiger partial charge >= 0.3 is 5.97 Å². The summed E-state index contributed by atoms with van der Waals surface area (Å²) in [5.74, 6) is 1.78. The van der Waals surface area contributed by atoms with E-state index in [0.29, 0.717) is 53.6 Å². The molecule has 1 fully saturated rings. The number of hydrogen-bond donors (Lipinski definition) is 2. The summed E-state index contributed by atoms with van der Waals surface area (Å²) in [5, 5.41) is 19.6. The number of phenols is 2. The molecule has 38 heavy (non-hydrogen) atoms. The Labute approximate surface area is 222 Å². The largest absolute Gasteiger partial charge is 0.504 e. The average Bonchev–Trinajstić information content (AvgIpc) is 3.36. The number of benzene rings is 3. The molecule has 8 heteroatoms. The Kier molecular flexibility index (Phi) is 8.76. The van der Waals surface area contributed by atoms with E-state index in [1.807, 2.05) is 24.3 Å². The average molecular weight is 521 g/mol. The van der Waals surface area contributed by atoms with Crippen LogP contribution in [0.15, 0.2) is 60.7 Å². The van der Waals surface area contributed by atoms with Crippen LogP contribution < -0.4 is 18.9 Å². The van der Waals surface area contributed by atoms with Crippen molar-refractivity contribution in [2.75, 3.05) is 34.5 Å². The Morgan fingerprint density at radius 1 is 0.789 bits per heavy atom. The second-order valence-corrected chi connectivity index (χ2v) is 9.14. The first-order valence-corrected chi connectivity index (χ1v) is 12.3. The van der Waals surface area contributed by atoms with Crippen LogP contribution in [0.4, 0.5) is 0 Å². The fourth-order valence-corrected chi connectivity index (χ4v) is 4.58. The fraction of sp³-hybridized carbons (Fsp3) is 0.300. The van der Waals surface area contributed by atoms with E-state index in [1.165, 1.54) is 33.5 Å². The molecule has 8 nitrogen and oxygen atoms in total. The van der Waals surface area contributed by atoms with Crippen LogP contribution in [0.25, 0.3) is 6.08 Å². The summed E-state index contributed by atoms with van der Waals surface area (Å²) in [6.45, 7) is 1.33. The molecule has 1 aliphatic rings. The molecule has 0 bridgehead atoms. The van der Waals surface area contributed by atoms with E-state index >= 15 is 0 Å². The van der Waals surface area contributed by atoms with Gasteiger partial charge in [0.2, 0.25) is 0 Å². The molecule has 3 aromatic rings. The lowest BCUT2D eigenvalue weighted by Gasteiger charge is -2.19. The predicted molar refractivity (Wildman–Crippen MR) is 142 cm³/mol. The van der Waals surface area contributed by atoms with Gasteiger partial charge in [0.05, 0.1) is 34.5 Å². The summed E-state index contributed by atoms with van der Waals surface area (Å²) in [4.78, 5) is 12.4. The van der Waals surface area contributed by atoms with E-state index < -0.39 is 5.97 Å². The van der Waals surface area contributed by atoms with Crippen LogP contribution in [0.2, 0.25) is 0 Å². The number of ether oxygens (including phenoxy) is 5. The monoisotopic (exact) mass is 520 g/mol. The van der Waals surface area contributed by atoms with Crippen molar-refractivity contribution >= 4 is 12.0 Å². The number of carbonyl (C=O) groups excluding carboxylic acids is 1. The second kappa shape index (κ2) is 12.4. The van der Waals surface area contributed by atoms with E-state index in [1.54, 1.807) is 30.3 Å². The van der Waals surface area contributed by atoms with Crippen LogP contribution in [0.5, 0.6) is 34.5 Å². The van der Waals surface area contributed by atoms with Gasteiger partial charge in [-0.1, -0.05) is 18.2 Å². The van der Waals surface area contributed by atoms with Crippen molar-refractivity contribution in [2.45, 2.75) is 12.8 Å². The Hall–Kier alpha value is -4.17. The Morgan fingerprint density at radius 3 is 1.97 bits per heavy atom. The third-order valence-electron chi connectivity index (χ3n) is 6.62. The second-order valence-electron chi connectivity index (χ2n) is 9.14. The number of carbonyl (C=O) groups is 1. The Balaban J connectivity index is 1.40. The molecule has 0 spiro atoms. The van der Waals surface area contributed by atoms with Crippen molar-refractivity contribution in [3.8, 4) is 34.5 Å². The van der Waals surface area contributed by atoms with Crippen molar-refractivity contribution in [1.82, 2.24) is 0 Å². The number of methoxy groups -OCH3 is 3. The van der Waals surface area contributed by atoms with Crippen LogP contribution in [0.1, 0.15) is 16.7 Å². The SMILES string of the molecule is COc1cc(C=CC(=O)Oc2ccc(C[C@@H]3COC[C@H]3Cc3ccc(O)c(OC)c3)cc2OC)ccc1O. The molecular weight excluding hydrogens is 488 g/mol. The van der Waals surface area contributed by atoms with Crippen molar-refractivity contribution in [1.29, 1.82) is 0 Å². The van der Waals surface area contributed by atoms with Gasteiger partial charge in [0, 0.05) is 6.08 Å². The van der Waals surface area contributed by atoms with Crippen molar-refractivity contribution < 1.29 is 38.7 Å². The van der Waals surface area contributed by atoms with E-state index in [9.17, 15) is 15.0 Å². The van der Waals surface area contributed by atoms with Gasteiger partial charge in [0.1, 0.15) is 0 Å². The highest BCUT2D eigenvalue weighted by atomic mass is 16.6. The summed E-state index contributed by atoms with van der Waals surface area (Å²) >= 11 is 0. The number of phenolic OH excluding ortho intramolecular Hbond substituents is 2. The summed E-state index contributed by atoms with van der Waals surface area (Å²) in [5.41, 5.74) is 2.81. The molecule has 1 aliphatic heterocycles. The van der Waals surface area contributed by atoms with Gasteiger partial charge in [-0.2, -0.15) is 0 Å². The fourth-order valence-electron chi connectivity index (χ4n) is 4.58. The summed E-state index contributed by atoms with van der Waals surface area (Å²) in [7, 11) is 4.53. The molecule has 0 radical (unpaired) electrons. The van der Waals surface area contributed by atoms with Gasteiger partial charge in [-0.05, 0) is 83.8 Å². The zero-order valence-corrected chi connectivity index (χ0v) is 21.7. The van der Waals surface area contributed by atoms with E-state index in [2.05, 4.69) is 0 Å². The van der Waals surface area contributed by atoms with Crippen LogP contribution in [-0.4, -0.2) is 50.7 Å². The van der Waals surface area contributed by atoms with Crippen LogP contribution in [0.3, 0.4) is 0 Å². The lowest BCUT2D eigenvalue weighted by Crippen LogP contribution is -2.17. The Morgan fingerprint density at radius 2 is 1.34 bits per heavy atom. The maximum atomic E-state index is 12.4.